The fourth-order valence-electron chi connectivity index (χ4n) is 2.94. The fraction of sp³-hybridized carbons (Fsp3) is 0.235. The molecule has 0 fully saturated rings. The third-order valence-electron chi connectivity index (χ3n) is 3.93. The minimum absolute atomic E-state index is 0.0751. The van der Waals surface area contributed by atoms with E-state index in [0.717, 1.165) is 0 Å². The smallest absolute Gasteiger partial charge is 0.267 e. The van der Waals surface area contributed by atoms with Gasteiger partial charge in [0.25, 0.3) is 11.5 Å². The Bertz CT molecular complexity index is 899. The maximum Gasteiger partial charge on any atom is 0.267 e. The first kappa shape index (κ1) is 15.8. The lowest BCUT2D eigenvalue weighted by molar-refractivity contribution is -0.0323. The molecule has 1 aliphatic rings. The molecular weight excluding hydrogens is 308 g/mol. The van der Waals surface area contributed by atoms with Gasteiger partial charge in [-0.1, -0.05) is 37.3 Å². The molecular formula is C17H16N4O3. The van der Waals surface area contributed by atoms with Crippen LogP contribution in [0.2, 0.25) is 0 Å². The number of nitrogens with one attached hydrogen (secondary N) is 2. The first-order valence-corrected chi connectivity index (χ1v) is 7.53. The average molecular weight is 324 g/mol. The molecule has 1 aliphatic heterocycles. The van der Waals surface area contributed by atoms with Crippen LogP contribution in [0.4, 0.5) is 5.82 Å². The zero-order chi connectivity index (χ0) is 17.3. The molecule has 0 bridgehead atoms. The molecule has 1 aromatic heterocycles. The van der Waals surface area contributed by atoms with Gasteiger partial charge in [0.1, 0.15) is 17.5 Å². The predicted octanol–water partition coefficient (Wildman–Crippen LogP) is 1.20. The van der Waals surface area contributed by atoms with Gasteiger partial charge in [0.2, 0.25) is 0 Å². The number of aromatic nitrogens is 1. The van der Waals surface area contributed by atoms with Gasteiger partial charge in [-0.3, -0.25) is 9.59 Å². The van der Waals surface area contributed by atoms with Crippen LogP contribution in [0.3, 0.4) is 0 Å². The maximum absolute atomic E-state index is 12.5. The van der Waals surface area contributed by atoms with E-state index < -0.39 is 17.2 Å². The van der Waals surface area contributed by atoms with E-state index in [-0.39, 0.29) is 22.5 Å². The molecule has 0 radical (unpaired) electrons. The van der Waals surface area contributed by atoms with Crippen LogP contribution >= 0.6 is 0 Å². The summed E-state index contributed by atoms with van der Waals surface area (Å²) in [6.07, 6.45) is 0.695. The molecule has 7 nitrogen and oxygen atoms in total. The van der Waals surface area contributed by atoms with Gasteiger partial charge in [0.05, 0.1) is 5.56 Å². The zero-order valence-electron chi connectivity index (χ0n) is 13.1. The van der Waals surface area contributed by atoms with Crippen molar-refractivity contribution in [3.05, 3.63) is 62.9 Å². The second kappa shape index (κ2) is 5.83. The first-order valence-electron chi connectivity index (χ1n) is 7.53. The fourth-order valence-corrected chi connectivity index (χ4v) is 2.94. The number of nitrogens with zero attached hydrogens (tertiary/aromatic N) is 1. The van der Waals surface area contributed by atoms with Crippen molar-refractivity contribution in [2.24, 2.45) is 0 Å². The number of carbonyl (C=O) groups is 1. The van der Waals surface area contributed by atoms with E-state index in [9.17, 15) is 14.9 Å². The highest BCUT2D eigenvalue weighted by Gasteiger charge is 2.49. The summed E-state index contributed by atoms with van der Waals surface area (Å²) < 4.78 is 5.98. The summed E-state index contributed by atoms with van der Waals surface area (Å²) in [6.45, 7) is 2.25. The van der Waals surface area contributed by atoms with Gasteiger partial charge < -0.3 is 20.8 Å². The normalized spacial score (nSPS) is 18.8. The standard InChI is InChI=1S/C17H16N4O3/c1-2-8-24-17(10-6-4-3-5-7-10)13-11(9-18)15(22)20-14(19)12(13)16(23)21-17/h3-7H,2,8H2,1H3,(H,21,23)(H3,19,20,22). The van der Waals surface area contributed by atoms with Gasteiger partial charge in [-0.05, 0) is 6.42 Å². The number of ether oxygens (including phenoxy) is 1. The van der Waals surface area contributed by atoms with Gasteiger partial charge >= 0.3 is 0 Å². The number of fused-ring (bicyclic) bond motifs is 1. The Balaban J connectivity index is 2.39. The number of benzene rings is 1. The highest BCUT2D eigenvalue weighted by Crippen LogP contribution is 2.40. The Morgan fingerprint density at radius 1 is 1.29 bits per heavy atom. The van der Waals surface area contributed by atoms with Crippen LogP contribution in [0.25, 0.3) is 0 Å². The number of nitrogens with two attached hydrogens (primary N) is 1. The molecule has 2 heterocycles. The summed E-state index contributed by atoms with van der Waals surface area (Å²) in [6, 6.07) is 10.8. The highest BCUT2D eigenvalue weighted by molar-refractivity contribution is 6.04. The lowest BCUT2D eigenvalue weighted by Gasteiger charge is -2.31. The third-order valence-corrected chi connectivity index (χ3v) is 3.93. The molecule has 24 heavy (non-hydrogen) atoms. The summed E-state index contributed by atoms with van der Waals surface area (Å²) in [5.74, 6) is -0.570. The Hall–Kier alpha value is -3.11. The minimum Gasteiger partial charge on any atom is -0.385 e. The van der Waals surface area contributed by atoms with Gasteiger partial charge in [0, 0.05) is 17.7 Å². The van der Waals surface area contributed by atoms with Gasteiger partial charge in [-0.25, -0.2) is 0 Å². The number of H-pyrrole nitrogens is 1. The summed E-state index contributed by atoms with van der Waals surface area (Å²) in [5, 5.41) is 12.2. The van der Waals surface area contributed by atoms with Crippen LogP contribution in [-0.2, 0) is 10.5 Å². The largest absolute Gasteiger partial charge is 0.385 e. The second-order valence-electron chi connectivity index (χ2n) is 5.45. The number of hydrogen-bond acceptors (Lipinski definition) is 5. The Morgan fingerprint density at radius 3 is 2.62 bits per heavy atom. The molecule has 1 unspecified atom stereocenters. The lowest BCUT2D eigenvalue weighted by Crippen LogP contribution is -2.44. The van der Waals surface area contributed by atoms with E-state index in [2.05, 4.69) is 10.3 Å². The molecule has 0 saturated carbocycles. The first-order chi connectivity index (χ1) is 11.5. The lowest BCUT2D eigenvalue weighted by atomic mass is 9.91. The van der Waals surface area contributed by atoms with Crippen LogP contribution in [0, 0.1) is 11.3 Å². The van der Waals surface area contributed by atoms with E-state index in [1.165, 1.54) is 0 Å². The number of carbonyl (C=O) groups excluding carboxylic acids is 1. The van der Waals surface area contributed by atoms with E-state index >= 15 is 0 Å². The van der Waals surface area contributed by atoms with E-state index in [0.29, 0.717) is 18.6 Å². The van der Waals surface area contributed by atoms with E-state index in [1.54, 1.807) is 24.3 Å². The van der Waals surface area contributed by atoms with Crippen LogP contribution in [0.15, 0.2) is 35.1 Å². The summed E-state index contributed by atoms with van der Waals surface area (Å²) in [7, 11) is 0. The Kier molecular flexibility index (Phi) is 3.83. The second-order valence-corrected chi connectivity index (χ2v) is 5.45. The van der Waals surface area contributed by atoms with Crippen molar-refractivity contribution in [2.45, 2.75) is 19.1 Å². The average Bonchev–Trinajstić information content (AvgIpc) is 2.88. The quantitative estimate of drug-likeness (QED) is 0.780. The van der Waals surface area contributed by atoms with Crippen molar-refractivity contribution in [3.8, 4) is 6.07 Å². The monoisotopic (exact) mass is 324 g/mol. The van der Waals surface area contributed by atoms with Crippen molar-refractivity contribution >= 4 is 11.7 Å². The van der Waals surface area contributed by atoms with Crippen LogP contribution in [0.5, 0.6) is 0 Å². The van der Waals surface area contributed by atoms with Crippen molar-refractivity contribution in [1.82, 2.24) is 10.3 Å². The van der Waals surface area contributed by atoms with Crippen LogP contribution in [0.1, 0.15) is 40.4 Å². The SMILES string of the molecule is CCCOC1(c2ccccc2)NC(=O)c2c(N)[nH]c(=O)c(C#N)c21. The summed E-state index contributed by atoms with van der Waals surface area (Å²) >= 11 is 0. The molecule has 7 heteroatoms. The molecule has 3 rings (SSSR count). The number of aromatic amines is 1. The molecule has 1 aromatic carbocycles. The number of nitrogen functional groups attached to an aromatic ring is 1. The van der Waals surface area contributed by atoms with Crippen molar-refractivity contribution < 1.29 is 9.53 Å². The zero-order valence-corrected chi connectivity index (χ0v) is 13.1. The molecule has 1 atom stereocenters. The van der Waals surface area contributed by atoms with Crippen LogP contribution in [-0.4, -0.2) is 17.5 Å². The maximum atomic E-state index is 12.5. The predicted molar refractivity (Wildman–Crippen MR) is 87.1 cm³/mol. The highest BCUT2D eigenvalue weighted by atomic mass is 16.5. The van der Waals surface area contributed by atoms with E-state index in [4.69, 9.17) is 10.5 Å². The third kappa shape index (κ3) is 2.16. The summed E-state index contributed by atoms with van der Waals surface area (Å²) in [4.78, 5) is 27.0. The number of rotatable bonds is 4. The van der Waals surface area contributed by atoms with E-state index in [1.807, 2.05) is 19.1 Å². The Labute approximate surface area is 138 Å². The molecule has 0 saturated heterocycles. The Morgan fingerprint density at radius 2 is 2.00 bits per heavy atom. The van der Waals surface area contributed by atoms with Crippen molar-refractivity contribution in [3.63, 3.8) is 0 Å². The summed E-state index contributed by atoms with van der Waals surface area (Å²) in [5.41, 5.74) is 4.47. The molecule has 122 valence electrons. The number of anilines is 1. The van der Waals surface area contributed by atoms with Gasteiger partial charge in [-0.15, -0.1) is 0 Å². The number of pyridine rings is 1. The van der Waals surface area contributed by atoms with Gasteiger partial charge in [-0.2, -0.15) is 5.26 Å². The number of hydrogen-bond donors (Lipinski definition) is 3. The molecule has 0 spiro atoms. The number of nitriles is 1. The van der Waals surface area contributed by atoms with Crippen LogP contribution < -0.4 is 16.6 Å². The molecule has 1 amide bonds. The van der Waals surface area contributed by atoms with Crippen molar-refractivity contribution in [2.75, 3.05) is 12.3 Å². The van der Waals surface area contributed by atoms with Crippen molar-refractivity contribution in [1.29, 1.82) is 5.26 Å². The van der Waals surface area contributed by atoms with Gasteiger partial charge in [0.15, 0.2) is 5.72 Å². The molecule has 4 N–H and O–H groups in total. The topological polar surface area (TPSA) is 121 Å². The number of amides is 1. The molecule has 0 aliphatic carbocycles. The molecule has 2 aromatic rings. The minimum atomic E-state index is -1.41.